The molecule has 0 aromatic carbocycles. The van der Waals surface area contributed by atoms with Gasteiger partial charge in [0.25, 0.3) is 0 Å². The van der Waals surface area contributed by atoms with E-state index in [1.807, 2.05) is 13.8 Å². The maximum absolute atomic E-state index is 12.2. The van der Waals surface area contributed by atoms with Gasteiger partial charge in [0.2, 0.25) is 6.43 Å². The van der Waals surface area contributed by atoms with Gasteiger partial charge in [0.1, 0.15) is 0 Å². The minimum absolute atomic E-state index is 0.0226. The Morgan fingerprint density at radius 3 is 2.47 bits per heavy atom. The Hall–Kier alpha value is -0.520. The van der Waals surface area contributed by atoms with E-state index in [0.29, 0.717) is 0 Å². The van der Waals surface area contributed by atoms with Gasteiger partial charge in [-0.05, 0) is 13.8 Å². The molecule has 0 aliphatic carbocycles. The summed E-state index contributed by atoms with van der Waals surface area (Å²) in [6.07, 6.45) is -3.14. The number of alkyl halides is 2. The highest BCUT2D eigenvalue weighted by Gasteiger charge is 2.37. The third kappa shape index (κ3) is 3.22. The van der Waals surface area contributed by atoms with Crippen LogP contribution in [0.3, 0.4) is 0 Å². The first-order valence-corrected chi connectivity index (χ1v) is 5.03. The number of likely N-dealkylation sites (tertiary alicyclic amines) is 1. The van der Waals surface area contributed by atoms with Crippen LogP contribution in [0, 0.1) is 5.92 Å². The Morgan fingerprint density at radius 1 is 1.53 bits per heavy atom. The van der Waals surface area contributed by atoms with Crippen LogP contribution < -0.4 is 5.32 Å². The number of hydrogen-bond acceptors (Lipinski definition) is 3. The summed E-state index contributed by atoms with van der Waals surface area (Å²) in [6, 6.07) is -0.0226. The zero-order valence-electron chi connectivity index (χ0n) is 9.08. The predicted molar refractivity (Wildman–Crippen MR) is 54.5 cm³/mol. The first-order valence-electron chi connectivity index (χ1n) is 5.03. The highest BCUT2D eigenvalue weighted by atomic mass is 19.3. The van der Waals surface area contributed by atoms with Crippen LogP contribution in [0.25, 0.3) is 0 Å². The number of aliphatic hydroxyl groups is 1. The number of nitrogens with zero attached hydrogens (tertiary/aromatic N) is 1. The lowest BCUT2D eigenvalue weighted by molar-refractivity contribution is -0.120. The lowest BCUT2D eigenvalue weighted by Crippen LogP contribution is -2.60. The summed E-state index contributed by atoms with van der Waals surface area (Å²) in [6.45, 7) is 7.95. The lowest BCUT2D eigenvalue weighted by atomic mass is 10.0. The van der Waals surface area contributed by atoms with Gasteiger partial charge >= 0.3 is 0 Å². The van der Waals surface area contributed by atoms with Crippen LogP contribution in [0.5, 0.6) is 0 Å². The molecule has 1 heterocycles. The SMILES string of the molecule is C=C(C)[C@@H](C)NC(O)N1CC(C(F)F)C1. The molecule has 0 saturated carbocycles. The van der Waals surface area contributed by atoms with E-state index >= 15 is 0 Å². The molecule has 2 atom stereocenters. The molecule has 0 amide bonds. The Balaban J connectivity index is 2.26. The van der Waals surface area contributed by atoms with Crippen LogP contribution in [0.4, 0.5) is 8.78 Å². The van der Waals surface area contributed by atoms with Gasteiger partial charge in [-0.1, -0.05) is 12.2 Å². The van der Waals surface area contributed by atoms with E-state index in [2.05, 4.69) is 11.9 Å². The van der Waals surface area contributed by atoms with E-state index in [0.717, 1.165) is 5.57 Å². The molecule has 5 heteroatoms. The molecule has 0 aromatic heterocycles. The third-order valence-corrected chi connectivity index (χ3v) is 2.78. The second-order valence-electron chi connectivity index (χ2n) is 4.16. The van der Waals surface area contributed by atoms with Gasteiger partial charge in [0.15, 0.2) is 6.35 Å². The van der Waals surface area contributed by atoms with Crippen molar-refractivity contribution in [2.24, 2.45) is 5.92 Å². The first-order chi connectivity index (χ1) is 6.91. The molecule has 1 aliphatic heterocycles. The van der Waals surface area contributed by atoms with Crippen LogP contribution in [0.2, 0.25) is 0 Å². The fraction of sp³-hybridized carbons (Fsp3) is 0.800. The second-order valence-corrected chi connectivity index (χ2v) is 4.16. The van der Waals surface area contributed by atoms with Gasteiger partial charge in [-0.2, -0.15) is 0 Å². The van der Waals surface area contributed by atoms with Crippen LogP contribution in [-0.2, 0) is 0 Å². The average molecular weight is 220 g/mol. The van der Waals surface area contributed by atoms with Crippen LogP contribution >= 0.6 is 0 Å². The Kier molecular flexibility index (Phi) is 4.19. The minimum Gasteiger partial charge on any atom is -0.365 e. The van der Waals surface area contributed by atoms with Gasteiger partial charge in [0, 0.05) is 25.0 Å². The van der Waals surface area contributed by atoms with Crippen molar-refractivity contribution in [3.8, 4) is 0 Å². The van der Waals surface area contributed by atoms with Crippen molar-refractivity contribution in [2.75, 3.05) is 13.1 Å². The van der Waals surface area contributed by atoms with Crippen molar-refractivity contribution in [3.05, 3.63) is 12.2 Å². The first kappa shape index (κ1) is 12.5. The summed E-state index contributed by atoms with van der Waals surface area (Å²) in [7, 11) is 0. The molecule has 2 N–H and O–H groups in total. The lowest BCUT2D eigenvalue weighted by Gasteiger charge is -2.42. The molecule has 1 aliphatic rings. The van der Waals surface area contributed by atoms with Gasteiger partial charge in [-0.15, -0.1) is 0 Å². The maximum atomic E-state index is 12.2. The van der Waals surface area contributed by atoms with Crippen molar-refractivity contribution in [1.82, 2.24) is 10.2 Å². The smallest absolute Gasteiger partial charge is 0.243 e. The normalized spacial score (nSPS) is 22.5. The van der Waals surface area contributed by atoms with Crippen molar-refractivity contribution >= 4 is 0 Å². The van der Waals surface area contributed by atoms with Crippen molar-refractivity contribution in [3.63, 3.8) is 0 Å². The molecule has 88 valence electrons. The Bertz CT molecular complexity index is 229. The van der Waals surface area contributed by atoms with E-state index in [9.17, 15) is 13.9 Å². The summed E-state index contributed by atoms with van der Waals surface area (Å²) in [5.74, 6) is -0.596. The standard InChI is InChI=1S/C10H18F2N2O/c1-6(2)7(3)13-10(15)14-4-8(5-14)9(11)12/h7-10,13,15H,1,4-5H2,2-3H3/t7-,10?/m1/s1. The highest BCUT2D eigenvalue weighted by molar-refractivity contribution is 4.99. The fourth-order valence-corrected chi connectivity index (χ4v) is 1.38. The fourth-order valence-electron chi connectivity index (χ4n) is 1.38. The topological polar surface area (TPSA) is 35.5 Å². The molecule has 0 radical (unpaired) electrons. The van der Waals surface area contributed by atoms with Gasteiger partial charge in [0.05, 0.1) is 0 Å². The number of rotatable bonds is 5. The highest BCUT2D eigenvalue weighted by Crippen LogP contribution is 2.23. The van der Waals surface area contributed by atoms with E-state index in [1.54, 1.807) is 4.90 Å². The molecular formula is C10H18F2N2O. The largest absolute Gasteiger partial charge is 0.365 e. The van der Waals surface area contributed by atoms with E-state index < -0.39 is 18.7 Å². The quantitative estimate of drug-likeness (QED) is 0.536. The maximum Gasteiger partial charge on any atom is 0.243 e. The zero-order chi connectivity index (χ0) is 11.6. The van der Waals surface area contributed by atoms with E-state index in [-0.39, 0.29) is 19.1 Å². The third-order valence-electron chi connectivity index (χ3n) is 2.78. The molecule has 1 saturated heterocycles. The van der Waals surface area contributed by atoms with Gasteiger partial charge in [-0.3, -0.25) is 10.2 Å². The van der Waals surface area contributed by atoms with Crippen LogP contribution in [0.15, 0.2) is 12.2 Å². The van der Waals surface area contributed by atoms with Crippen LogP contribution in [0.1, 0.15) is 13.8 Å². The molecule has 1 unspecified atom stereocenters. The Morgan fingerprint density at radius 2 is 2.07 bits per heavy atom. The van der Waals surface area contributed by atoms with Gasteiger partial charge < -0.3 is 5.11 Å². The molecule has 0 spiro atoms. The van der Waals surface area contributed by atoms with Crippen molar-refractivity contribution < 1.29 is 13.9 Å². The Labute approximate surface area is 88.8 Å². The number of aliphatic hydroxyl groups excluding tert-OH is 1. The van der Waals surface area contributed by atoms with Gasteiger partial charge in [-0.25, -0.2) is 8.78 Å². The second kappa shape index (κ2) is 5.01. The average Bonchev–Trinajstić information content (AvgIpc) is 1.99. The number of nitrogens with one attached hydrogen (secondary N) is 1. The monoisotopic (exact) mass is 220 g/mol. The molecule has 3 nitrogen and oxygen atoms in total. The summed E-state index contributed by atoms with van der Waals surface area (Å²) >= 11 is 0. The zero-order valence-corrected chi connectivity index (χ0v) is 9.08. The van der Waals surface area contributed by atoms with Crippen LogP contribution in [-0.4, -0.2) is 41.9 Å². The van der Waals surface area contributed by atoms with Crippen molar-refractivity contribution in [1.29, 1.82) is 0 Å². The predicted octanol–water partition coefficient (Wildman–Crippen LogP) is 1.01. The van der Waals surface area contributed by atoms with E-state index in [1.165, 1.54) is 0 Å². The molecule has 0 aromatic rings. The number of hydrogen-bond donors (Lipinski definition) is 2. The summed E-state index contributed by atoms with van der Waals surface area (Å²) in [4.78, 5) is 1.58. The van der Waals surface area contributed by atoms with E-state index in [4.69, 9.17) is 0 Å². The molecule has 1 rings (SSSR count). The summed E-state index contributed by atoms with van der Waals surface area (Å²) < 4.78 is 24.3. The summed E-state index contributed by atoms with van der Waals surface area (Å²) in [5, 5.41) is 12.5. The summed E-state index contributed by atoms with van der Waals surface area (Å²) in [5.41, 5.74) is 0.903. The number of halogens is 2. The molecular weight excluding hydrogens is 202 g/mol. The molecule has 1 fully saturated rings. The minimum atomic E-state index is -2.29. The molecule has 0 bridgehead atoms. The van der Waals surface area contributed by atoms with Crippen molar-refractivity contribution in [2.45, 2.75) is 32.7 Å². The molecule has 15 heavy (non-hydrogen) atoms.